The number of benzene rings is 1. The van der Waals surface area contributed by atoms with Crippen molar-refractivity contribution in [3.63, 3.8) is 0 Å². The SMILES string of the molecule is [C-]#[N+]c1c(N)ccc(Br)c1F. The molecule has 0 aliphatic carbocycles. The topological polar surface area (TPSA) is 30.4 Å². The van der Waals surface area contributed by atoms with Gasteiger partial charge in [-0.25, -0.2) is 9.24 Å². The Balaban J connectivity index is 3.44. The molecule has 0 radical (unpaired) electrons. The number of halogens is 2. The van der Waals surface area contributed by atoms with Crippen molar-refractivity contribution in [3.05, 3.63) is 33.8 Å². The van der Waals surface area contributed by atoms with Gasteiger partial charge in [-0.2, -0.15) is 0 Å². The van der Waals surface area contributed by atoms with Crippen LogP contribution in [0, 0.1) is 12.4 Å². The van der Waals surface area contributed by atoms with Crippen LogP contribution in [0.2, 0.25) is 0 Å². The predicted molar refractivity (Wildman–Crippen MR) is 44.8 cm³/mol. The van der Waals surface area contributed by atoms with E-state index in [2.05, 4.69) is 20.8 Å². The Labute approximate surface area is 71.8 Å². The van der Waals surface area contributed by atoms with Gasteiger partial charge in [0.05, 0.1) is 6.57 Å². The molecule has 0 saturated heterocycles. The number of hydrogen-bond acceptors (Lipinski definition) is 1. The monoisotopic (exact) mass is 214 g/mol. The van der Waals surface area contributed by atoms with E-state index in [9.17, 15) is 4.39 Å². The Morgan fingerprint density at radius 1 is 1.55 bits per heavy atom. The molecule has 1 rings (SSSR count). The van der Waals surface area contributed by atoms with Gasteiger partial charge in [-0.3, -0.25) is 0 Å². The molecule has 0 spiro atoms. The molecule has 0 aromatic heterocycles. The van der Waals surface area contributed by atoms with Gasteiger partial charge in [0.1, 0.15) is 5.82 Å². The number of nitrogen functional groups attached to an aromatic ring is 1. The zero-order valence-electron chi connectivity index (χ0n) is 5.44. The van der Waals surface area contributed by atoms with Crippen molar-refractivity contribution in [3.8, 4) is 0 Å². The quantitative estimate of drug-likeness (QED) is 0.523. The summed E-state index contributed by atoms with van der Waals surface area (Å²) in [6.07, 6.45) is 0. The lowest BCUT2D eigenvalue weighted by Crippen LogP contribution is -1.87. The van der Waals surface area contributed by atoms with Crippen LogP contribution in [0.5, 0.6) is 0 Å². The molecule has 1 aromatic rings. The molecule has 0 unspecified atom stereocenters. The Hall–Kier alpha value is -1.08. The van der Waals surface area contributed by atoms with Gasteiger partial charge >= 0.3 is 0 Å². The zero-order valence-corrected chi connectivity index (χ0v) is 7.02. The second kappa shape index (κ2) is 2.89. The number of nitrogens with zero attached hydrogens (tertiary/aromatic N) is 1. The van der Waals surface area contributed by atoms with E-state index in [1.165, 1.54) is 12.1 Å². The first-order valence-electron chi connectivity index (χ1n) is 2.77. The summed E-state index contributed by atoms with van der Waals surface area (Å²) in [4.78, 5) is 2.95. The molecular formula is C7H4BrFN2. The highest BCUT2D eigenvalue weighted by molar-refractivity contribution is 9.10. The first-order valence-corrected chi connectivity index (χ1v) is 3.57. The molecule has 0 heterocycles. The van der Waals surface area contributed by atoms with Crippen molar-refractivity contribution in [1.82, 2.24) is 0 Å². The van der Waals surface area contributed by atoms with Crippen molar-refractivity contribution in [2.45, 2.75) is 0 Å². The Morgan fingerprint density at radius 3 is 2.64 bits per heavy atom. The average Bonchev–Trinajstić information content (AvgIpc) is 1.99. The van der Waals surface area contributed by atoms with Crippen LogP contribution >= 0.6 is 15.9 Å². The zero-order chi connectivity index (χ0) is 8.43. The largest absolute Gasteiger partial charge is 0.407 e. The molecule has 2 N–H and O–H groups in total. The van der Waals surface area contributed by atoms with E-state index in [0.29, 0.717) is 0 Å². The van der Waals surface area contributed by atoms with Crippen LogP contribution in [0.4, 0.5) is 15.8 Å². The highest BCUT2D eigenvalue weighted by atomic mass is 79.9. The normalized spacial score (nSPS) is 9.18. The third-order valence-electron chi connectivity index (χ3n) is 1.21. The van der Waals surface area contributed by atoms with E-state index in [4.69, 9.17) is 12.3 Å². The van der Waals surface area contributed by atoms with E-state index in [1.807, 2.05) is 0 Å². The first-order chi connectivity index (χ1) is 5.16. The lowest BCUT2D eigenvalue weighted by molar-refractivity contribution is 0.627. The maximum Gasteiger partial charge on any atom is 0.245 e. The summed E-state index contributed by atoms with van der Waals surface area (Å²) in [6.45, 7) is 6.61. The minimum atomic E-state index is -0.597. The molecule has 0 atom stereocenters. The maximum absolute atomic E-state index is 12.9. The summed E-state index contributed by atoms with van der Waals surface area (Å²) in [7, 11) is 0. The van der Waals surface area contributed by atoms with Gasteiger partial charge in [0.25, 0.3) is 0 Å². The molecule has 0 fully saturated rings. The molecule has 0 bridgehead atoms. The van der Waals surface area contributed by atoms with Crippen molar-refractivity contribution in [1.29, 1.82) is 0 Å². The number of anilines is 1. The van der Waals surface area contributed by atoms with Crippen LogP contribution in [0.25, 0.3) is 4.85 Å². The van der Waals surface area contributed by atoms with Gasteiger partial charge < -0.3 is 5.73 Å². The first kappa shape index (κ1) is 8.02. The summed E-state index contributed by atoms with van der Waals surface area (Å²) in [6, 6.07) is 2.96. The fraction of sp³-hybridized carbons (Fsp3) is 0. The molecular weight excluding hydrogens is 211 g/mol. The highest BCUT2D eigenvalue weighted by Gasteiger charge is 2.08. The maximum atomic E-state index is 12.9. The molecule has 0 saturated carbocycles. The minimum absolute atomic E-state index is 0.126. The van der Waals surface area contributed by atoms with Gasteiger partial charge in [-0.05, 0) is 28.1 Å². The third-order valence-corrected chi connectivity index (χ3v) is 1.82. The molecule has 2 nitrogen and oxygen atoms in total. The number of rotatable bonds is 0. The van der Waals surface area contributed by atoms with E-state index in [1.54, 1.807) is 0 Å². The minimum Gasteiger partial charge on any atom is -0.407 e. The summed E-state index contributed by atoms with van der Waals surface area (Å²) >= 11 is 2.95. The molecule has 4 heteroatoms. The Bertz CT molecular complexity index is 330. The summed E-state index contributed by atoms with van der Waals surface area (Å²) < 4.78 is 13.2. The standard InChI is InChI=1S/C7H4BrFN2/c1-11-7-5(10)3-2-4(8)6(7)9/h2-3H,10H2. The second-order valence-corrected chi connectivity index (χ2v) is 2.77. The van der Waals surface area contributed by atoms with Crippen LogP contribution in [0.3, 0.4) is 0 Å². The van der Waals surface area contributed by atoms with Crippen LogP contribution in [-0.4, -0.2) is 0 Å². The van der Waals surface area contributed by atoms with E-state index < -0.39 is 5.82 Å². The third kappa shape index (κ3) is 1.33. The van der Waals surface area contributed by atoms with Gasteiger partial charge in [0.2, 0.25) is 5.69 Å². The average molecular weight is 215 g/mol. The van der Waals surface area contributed by atoms with E-state index in [-0.39, 0.29) is 15.8 Å². The molecule has 0 aliphatic heterocycles. The van der Waals surface area contributed by atoms with Crippen LogP contribution in [-0.2, 0) is 0 Å². The smallest absolute Gasteiger partial charge is 0.245 e. The molecule has 0 aliphatic rings. The molecule has 11 heavy (non-hydrogen) atoms. The summed E-state index contributed by atoms with van der Waals surface area (Å²) in [5.41, 5.74) is 5.37. The van der Waals surface area contributed by atoms with Gasteiger partial charge in [0, 0.05) is 10.2 Å². The Kier molecular flexibility index (Phi) is 2.11. The molecule has 0 amide bonds. The van der Waals surface area contributed by atoms with Crippen molar-refractivity contribution < 1.29 is 4.39 Å². The lowest BCUT2D eigenvalue weighted by atomic mass is 10.3. The van der Waals surface area contributed by atoms with Gasteiger partial charge in [0.15, 0.2) is 0 Å². The summed E-state index contributed by atoms with van der Waals surface area (Å²) in [5.74, 6) is -0.597. The van der Waals surface area contributed by atoms with Crippen LogP contribution in [0.1, 0.15) is 0 Å². The fourth-order valence-corrected chi connectivity index (χ4v) is 0.988. The van der Waals surface area contributed by atoms with Crippen molar-refractivity contribution in [2.24, 2.45) is 0 Å². The fourth-order valence-electron chi connectivity index (χ4n) is 0.669. The Morgan fingerprint density at radius 2 is 2.18 bits per heavy atom. The predicted octanol–water partition coefficient (Wildman–Crippen LogP) is 2.72. The van der Waals surface area contributed by atoms with Gasteiger partial charge in [-0.15, -0.1) is 0 Å². The van der Waals surface area contributed by atoms with Gasteiger partial charge in [-0.1, -0.05) is 0 Å². The van der Waals surface area contributed by atoms with Crippen LogP contribution < -0.4 is 5.73 Å². The van der Waals surface area contributed by atoms with Crippen LogP contribution in [0.15, 0.2) is 16.6 Å². The second-order valence-electron chi connectivity index (χ2n) is 1.91. The summed E-state index contributed by atoms with van der Waals surface area (Å²) in [5, 5.41) is 0. The van der Waals surface area contributed by atoms with Crippen molar-refractivity contribution in [2.75, 3.05) is 5.73 Å². The lowest BCUT2D eigenvalue weighted by Gasteiger charge is -1.99. The number of hydrogen-bond donors (Lipinski definition) is 1. The molecule has 1 aromatic carbocycles. The van der Waals surface area contributed by atoms with E-state index >= 15 is 0 Å². The molecule has 56 valence electrons. The highest BCUT2D eigenvalue weighted by Crippen LogP contribution is 2.30. The van der Waals surface area contributed by atoms with Crippen molar-refractivity contribution >= 4 is 27.3 Å². The number of nitrogens with two attached hydrogens (primary N) is 1. The van der Waals surface area contributed by atoms with E-state index in [0.717, 1.165) is 0 Å².